The Kier molecular flexibility index (Phi) is 3.28. The number of halogens is 2. The lowest BCUT2D eigenvalue weighted by Gasteiger charge is -2.07. The molecule has 2 aromatic rings. The second-order valence-corrected chi connectivity index (χ2v) is 4.25. The maximum atomic E-state index is 13.9. The molecule has 0 saturated heterocycles. The van der Waals surface area contributed by atoms with E-state index < -0.39 is 5.82 Å². The first kappa shape index (κ1) is 12.5. The van der Waals surface area contributed by atoms with E-state index in [4.69, 9.17) is 15.9 Å². The van der Waals surface area contributed by atoms with E-state index in [9.17, 15) is 4.39 Å². The Hall–Kier alpha value is -1.96. The standard InChI is InChI=1S/C10H9BrFN5O/c1-17-4-15-10(16-17)18-6-3-2-5(9(13)14)7(11)8(6)12/h2-4H,1H3,(H3,13,14). The largest absolute Gasteiger partial charge is 0.420 e. The van der Waals surface area contributed by atoms with Crippen molar-refractivity contribution < 1.29 is 9.13 Å². The van der Waals surface area contributed by atoms with E-state index in [2.05, 4.69) is 26.0 Å². The molecule has 0 spiro atoms. The summed E-state index contributed by atoms with van der Waals surface area (Å²) in [5.41, 5.74) is 5.57. The smallest absolute Gasteiger partial charge is 0.341 e. The van der Waals surface area contributed by atoms with Crippen molar-refractivity contribution in [1.29, 1.82) is 5.41 Å². The lowest BCUT2D eigenvalue weighted by molar-refractivity contribution is 0.407. The minimum Gasteiger partial charge on any atom is -0.420 e. The molecule has 0 fully saturated rings. The van der Waals surface area contributed by atoms with Crippen LogP contribution in [0.2, 0.25) is 0 Å². The maximum absolute atomic E-state index is 13.9. The molecule has 0 radical (unpaired) electrons. The third-order valence-corrected chi connectivity index (χ3v) is 2.89. The average Bonchev–Trinajstić information content (AvgIpc) is 2.70. The molecule has 0 saturated carbocycles. The zero-order valence-corrected chi connectivity index (χ0v) is 10.9. The summed E-state index contributed by atoms with van der Waals surface area (Å²) in [7, 11) is 1.67. The van der Waals surface area contributed by atoms with Crippen molar-refractivity contribution in [2.45, 2.75) is 0 Å². The molecule has 1 aromatic carbocycles. The van der Waals surface area contributed by atoms with Crippen molar-refractivity contribution in [3.63, 3.8) is 0 Å². The van der Waals surface area contributed by atoms with Crippen molar-refractivity contribution in [3.8, 4) is 11.8 Å². The van der Waals surface area contributed by atoms with Gasteiger partial charge in [0.2, 0.25) is 0 Å². The number of aromatic nitrogens is 3. The SMILES string of the molecule is Cn1cnc(Oc2ccc(C(=N)N)c(Br)c2F)n1. The Bertz CT molecular complexity index is 612. The van der Waals surface area contributed by atoms with E-state index in [1.165, 1.54) is 23.1 Å². The van der Waals surface area contributed by atoms with Crippen LogP contribution in [0.3, 0.4) is 0 Å². The zero-order valence-electron chi connectivity index (χ0n) is 9.32. The van der Waals surface area contributed by atoms with Crippen LogP contribution in [0.15, 0.2) is 22.9 Å². The molecule has 0 aliphatic rings. The van der Waals surface area contributed by atoms with Gasteiger partial charge in [-0.2, -0.15) is 4.98 Å². The van der Waals surface area contributed by atoms with Gasteiger partial charge >= 0.3 is 6.01 Å². The van der Waals surface area contributed by atoms with Crippen LogP contribution in [0.25, 0.3) is 0 Å². The fourth-order valence-electron chi connectivity index (χ4n) is 1.28. The molecule has 0 aliphatic heterocycles. The summed E-state index contributed by atoms with van der Waals surface area (Å²) in [6.45, 7) is 0. The molecule has 0 amide bonds. The highest BCUT2D eigenvalue weighted by Crippen LogP contribution is 2.30. The summed E-state index contributed by atoms with van der Waals surface area (Å²) in [5, 5.41) is 11.1. The Balaban J connectivity index is 2.35. The van der Waals surface area contributed by atoms with Crippen molar-refractivity contribution in [1.82, 2.24) is 14.8 Å². The van der Waals surface area contributed by atoms with Crippen LogP contribution >= 0.6 is 15.9 Å². The van der Waals surface area contributed by atoms with E-state index in [1.807, 2.05) is 0 Å². The molecule has 0 unspecified atom stereocenters. The van der Waals surface area contributed by atoms with E-state index in [0.29, 0.717) is 0 Å². The highest BCUT2D eigenvalue weighted by atomic mass is 79.9. The zero-order chi connectivity index (χ0) is 13.3. The lowest BCUT2D eigenvalue weighted by Crippen LogP contribution is -2.12. The summed E-state index contributed by atoms with van der Waals surface area (Å²) in [4.78, 5) is 3.82. The number of nitrogens with zero attached hydrogens (tertiary/aromatic N) is 3. The normalized spacial score (nSPS) is 10.4. The van der Waals surface area contributed by atoms with Crippen LogP contribution < -0.4 is 10.5 Å². The molecule has 1 aromatic heterocycles. The quantitative estimate of drug-likeness (QED) is 0.667. The summed E-state index contributed by atoms with van der Waals surface area (Å²) in [6.07, 6.45) is 1.44. The molecule has 1 heterocycles. The summed E-state index contributed by atoms with van der Waals surface area (Å²) in [6, 6.07) is 2.89. The molecule has 0 aliphatic carbocycles. The average molecular weight is 314 g/mol. The van der Waals surface area contributed by atoms with Gasteiger partial charge in [-0.25, -0.2) is 4.39 Å². The molecule has 8 heteroatoms. The number of nitrogens with one attached hydrogen (secondary N) is 1. The molecule has 0 bridgehead atoms. The molecular weight excluding hydrogens is 305 g/mol. The van der Waals surface area contributed by atoms with Gasteiger partial charge in [0.05, 0.1) is 4.47 Å². The predicted molar refractivity (Wildman–Crippen MR) is 66.2 cm³/mol. The number of nitrogen functional groups attached to an aromatic ring is 1. The topological polar surface area (TPSA) is 89.8 Å². The van der Waals surface area contributed by atoms with E-state index >= 15 is 0 Å². The second kappa shape index (κ2) is 4.73. The predicted octanol–water partition coefficient (Wildman–Crippen LogP) is 1.79. The molecule has 3 N–H and O–H groups in total. The second-order valence-electron chi connectivity index (χ2n) is 3.46. The van der Waals surface area contributed by atoms with Crippen molar-refractivity contribution in [2.75, 3.05) is 0 Å². The Morgan fingerprint density at radius 1 is 1.56 bits per heavy atom. The van der Waals surface area contributed by atoms with Crippen LogP contribution in [-0.4, -0.2) is 20.6 Å². The number of nitrogens with two attached hydrogens (primary N) is 1. The fraction of sp³-hybridized carbons (Fsp3) is 0.100. The van der Waals surface area contributed by atoms with E-state index in [0.717, 1.165) is 0 Å². The number of benzene rings is 1. The van der Waals surface area contributed by atoms with E-state index in [-0.39, 0.29) is 27.6 Å². The van der Waals surface area contributed by atoms with Crippen LogP contribution in [0.4, 0.5) is 4.39 Å². The van der Waals surface area contributed by atoms with Gasteiger partial charge in [-0.05, 0) is 28.1 Å². The summed E-state index contributed by atoms with van der Waals surface area (Å²) >= 11 is 3.03. The number of rotatable bonds is 3. The summed E-state index contributed by atoms with van der Waals surface area (Å²) in [5.74, 6) is -0.934. The number of aryl methyl sites for hydroxylation is 1. The van der Waals surface area contributed by atoms with Gasteiger partial charge in [0.15, 0.2) is 11.6 Å². The van der Waals surface area contributed by atoms with Gasteiger partial charge in [-0.1, -0.05) is 0 Å². The third kappa shape index (κ3) is 2.33. The molecule has 18 heavy (non-hydrogen) atoms. The third-order valence-electron chi connectivity index (χ3n) is 2.12. The number of amidine groups is 1. The first-order chi connectivity index (χ1) is 8.49. The van der Waals surface area contributed by atoms with Gasteiger partial charge in [0.25, 0.3) is 0 Å². The van der Waals surface area contributed by atoms with Crippen LogP contribution in [-0.2, 0) is 7.05 Å². The molecule has 0 atom stereocenters. The Morgan fingerprint density at radius 3 is 2.83 bits per heavy atom. The van der Waals surface area contributed by atoms with Crippen LogP contribution in [0, 0.1) is 11.2 Å². The Labute approximate surface area is 110 Å². The number of hydrogen-bond donors (Lipinski definition) is 2. The minimum absolute atomic E-state index is 0.0406. The summed E-state index contributed by atoms with van der Waals surface area (Å²) < 4.78 is 20.6. The lowest BCUT2D eigenvalue weighted by atomic mass is 10.2. The van der Waals surface area contributed by atoms with Gasteiger partial charge in [-0.3, -0.25) is 10.1 Å². The van der Waals surface area contributed by atoms with Gasteiger partial charge in [0, 0.05) is 12.6 Å². The minimum atomic E-state index is -0.657. The highest BCUT2D eigenvalue weighted by Gasteiger charge is 2.15. The van der Waals surface area contributed by atoms with Gasteiger partial charge < -0.3 is 10.5 Å². The van der Waals surface area contributed by atoms with Crippen LogP contribution in [0.5, 0.6) is 11.8 Å². The highest BCUT2D eigenvalue weighted by molar-refractivity contribution is 9.10. The molecular formula is C10H9BrFN5O. The molecule has 94 valence electrons. The molecule has 6 nitrogen and oxygen atoms in total. The van der Waals surface area contributed by atoms with Gasteiger partial charge in [-0.15, -0.1) is 5.10 Å². The monoisotopic (exact) mass is 313 g/mol. The molecule has 2 rings (SSSR count). The van der Waals surface area contributed by atoms with Crippen molar-refractivity contribution in [2.24, 2.45) is 12.8 Å². The Morgan fingerprint density at radius 2 is 2.28 bits per heavy atom. The van der Waals surface area contributed by atoms with Crippen molar-refractivity contribution in [3.05, 3.63) is 34.3 Å². The fourth-order valence-corrected chi connectivity index (χ4v) is 1.82. The first-order valence-corrected chi connectivity index (χ1v) is 5.64. The van der Waals surface area contributed by atoms with Crippen molar-refractivity contribution >= 4 is 21.8 Å². The maximum Gasteiger partial charge on any atom is 0.341 e. The van der Waals surface area contributed by atoms with Gasteiger partial charge in [0.1, 0.15) is 12.2 Å². The van der Waals surface area contributed by atoms with Crippen LogP contribution in [0.1, 0.15) is 5.56 Å². The first-order valence-electron chi connectivity index (χ1n) is 4.85. The number of ether oxygens (including phenoxy) is 1. The van der Waals surface area contributed by atoms with E-state index in [1.54, 1.807) is 7.05 Å². The number of hydrogen-bond acceptors (Lipinski definition) is 4.